The zero-order valence-corrected chi connectivity index (χ0v) is 15.8. The van der Waals surface area contributed by atoms with Crippen LogP contribution in [0.4, 0.5) is 5.95 Å². The molecule has 0 atom stereocenters. The Bertz CT molecular complexity index is 698. The third-order valence-electron chi connectivity index (χ3n) is 4.73. The highest BCUT2D eigenvalue weighted by molar-refractivity contribution is 5.31. The molecule has 2 aromatic rings. The van der Waals surface area contributed by atoms with Gasteiger partial charge in [0.1, 0.15) is 5.75 Å². The first kappa shape index (κ1) is 19.5. The Hall–Kier alpha value is -2.25. The van der Waals surface area contributed by atoms with E-state index in [1.807, 2.05) is 6.07 Å². The number of aliphatic hydroxyl groups excluding tert-OH is 1. The van der Waals surface area contributed by atoms with Gasteiger partial charge in [-0.1, -0.05) is 18.6 Å². The second-order valence-corrected chi connectivity index (χ2v) is 6.95. The van der Waals surface area contributed by atoms with Crippen LogP contribution in [0.3, 0.4) is 0 Å². The van der Waals surface area contributed by atoms with Gasteiger partial charge in [0, 0.05) is 19.6 Å². The molecule has 0 amide bonds. The number of aromatic hydroxyl groups is 1. The fourth-order valence-electron chi connectivity index (χ4n) is 3.39. The number of aliphatic hydroxyl groups is 1. The van der Waals surface area contributed by atoms with E-state index in [1.54, 1.807) is 4.57 Å². The summed E-state index contributed by atoms with van der Waals surface area (Å²) < 4.78 is 7.58. The summed E-state index contributed by atoms with van der Waals surface area (Å²) in [7, 11) is 0. The molecule has 1 aliphatic heterocycles. The van der Waals surface area contributed by atoms with Crippen LogP contribution < -0.4 is 10.1 Å². The van der Waals surface area contributed by atoms with Gasteiger partial charge in [-0.2, -0.15) is 4.98 Å². The molecule has 27 heavy (non-hydrogen) atoms. The highest BCUT2D eigenvalue weighted by Crippen LogP contribution is 2.18. The number of hydrogen-bond acceptors (Lipinski definition) is 6. The number of piperidine rings is 1. The molecule has 1 aromatic heterocycles. The van der Waals surface area contributed by atoms with Gasteiger partial charge in [0.2, 0.25) is 11.8 Å². The van der Waals surface area contributed by atoms with Gasteiger partial charge >= 0.3 is 0 Å². The Morgan fingerprint density at radius 1 is 1.19 bits per heavy atom. The number of hydrogen-bond donors (Lipinski definition) is 3. The molecule has 7 heteroatoms. The summed E-state index contributed by atoms with van der Waals surface area (Å²) in [6.45, 7) is 5.06. The molecule has 1 saturated heterocycles. The lowest BCUT2D eigenvalue weighted by atomic mass is 10.1. The van der Waals surface area contributed by atoms with Crippen molar-refractivity contribution in [2.75, 3.05) is 38.2 Å². The van der Waals surface area contributed by atoms with E-state index in [2.05, 4.69) is 33.4 Å². The van der Waals surface area contributed by atoms with Crippen LogP contribution in [-0.2, 0) is 13.1 Å². The Morgan fingerprint density at radius 3 is 2.85 bits per heavy atom. The fourth-order valence-corrected chi connectivity index (χ4v) is 3.39. The molecular weight excluding hydrogens is 344 g/mol. The molecule has 0 radical (unpaired) electrons. The van der Waals surface area contributed by atoms with Crippen LogP contribution in [0.1, 0.15) is 31.2 Å². The molecule has 0 saturated carbocycles. The lowest BCUT2D eigenvalue weighted by molar-refractivity contribution is 0.220. The van der Waals surface area contributed by atoms with Gasteiger partial charge in [-0.15, -0.1) is 0 Å². The first-order chi connectivity index (χ1) is 13.2. The molecule has 1 aliphatic rings. The SMILES string of the molecule is OCCn1cc(O)nc1NCCCOc1cccc(CN2CCCCC2)c1. The highest BCUT2D eigenvalue weighted by Gasteiger charge is 2.10. The van der Waals surface area contributed by atoms with E-state index in [9.17, 15) is 5.11 Å². The second kappa shape index (κ2) is 10.2. The largest absolute Gasteiger partial charge is 0.494 e. The van der Waals surface area contributed by atoms with Gasteiger partial charge in [0.05, 0.1) is 19.4 Å². The van der Waals surface area contributed by atoms with E-state index in [1.165, 1.54) is 44.1 Å². The van der Waals surface area contributed by atoms with E-state index in [-0.39, 0.29) is 12.5 Å². The third-order valence-corrected chi connectivity index (χ3v) is 4.73. The van der Waals surface area contributed by atoms with Crippen molar-refractivity contribution in [2.45, 2.75) is 38.8 Å². The first-order valence-electron chi connectivity index (χ1n) is 9.79. The molecule has 0 spiro atoms. The van der Waals surface area contributed by atoms with Crippen molar-refractivity contribution in [1.29, 1.82) is 0 Å². The lowest BCUT2D eigenvalue weighted by Gasteiger charge is -2.26. The average molecular weight is 374 g/mol. The van der Waals surface area contributed by atoms with Crippen LogP contribution in [0, 0.1) is 0 Å². The molecule has 7 nitrogen and oxygen atoms in total. The zero-order chi connectivity index (χ0) is 18.9. The topological polar surface area (TPSA) is 82.8 Å². The number of nitrogens with one attached hydrogen (secondary N) is 1. The van der Waals surface area contributed by atoms with Gasteiger partial charge in [-0.05, 0) is 50.0 Å². The Labute approximate surface area is 160 Å². The van der Waals surface area contributed by atoms with E-state index < -0.39 is 0 Å². The van der Waals surface area contributed by atoms with Crippen molar-refractivity contribution in [3.63, 3.8) is 0 Å². The number of aromatic nitrogens is 2. The first-order valence-corrected chi connectivity index (χ1v) is 9.79. The summed E-state index contributed by atoms with van der Waals surface area (Å²) in [4.78, 5) is 6.51. The zero-order valence-electron chi connectivity index (χ0n) is 15.8. The van der Waals surface area contributed by atoms with E-state index >= 15 is 0 Å². The molecule has 0 aliphatic carbocycles. The summed E-state index contributed by atoms with van der Waals surface area (Å²) in [6.07, 6.45) is 6.27. The Morgan fingerprint density at radius 2 is 2.04 bits per heavy atom. The van der Waals surface area contributed by atoms with Gasteiger partial charge in [-0.25, -0.2) is 0 Å². The number of rotatable bonds is 10. The van der Waals surface area contributed by atoms with Gasteiger partial charge in [0.15, 0.2) is 0 Å². The predicted octanol–water partition coefficient (Wildman–Crippen LogP) is 2.45. The molecule has 2 heterocycles. The molecule has 1 aromatic carbocycles. The lowest BCUT2D eigenvalue weighted by Crippen LogP contribution is -2.29. The number of nitrogens with zero attached hydrogens (tertiary/aromatic N) is 3. The second-order valence-electron chi connectivity index (χ2n) is 6.95. The summed E-state index contributed by atoms with van der Waals surface area (Å²) >= 11 is 0. The van der Waals surface area contributed by atoms with Crippen molar-refractivity contribution in [1.82, 2.24) is 14.5 Å². The molecule has 3 rings (SSSR count). The third kappa shape index (κ3) is 6.15. The van der Waals surface area contributed by atoms with Crippen molar-refractivity contribution in [2.24, 2.45) is 0 Å². The normalized spacial score (nSPS) is 15.0. The number of ether oxygens (including phenoxy) is 1. The monoisotopic (exact) mass is 374 g/mol. The molecule has 0 unspecified atom stereocenters. The van der Waals surface area contributed by atoms with Gasteiger partial charge < -0.3 is 24.8 Å². The maximum absolute atomic E-state index is 9.47. The van der Waals surface area contributed by atoms with Crippen LogP contribution in [0.25, 0.3) is 0 Å². The molecule has 3 N–H and O–H groups in total. The maximum Gasteiger partial charge on any atom is 0.231 e. The molecule has 1 fully saturated rings. The minimum atomic E-state index is -0.0484. The van der Waals surface area contributed by atoms with E-state index in [0.717, 1.165) is 18.7 Å². The summed E-state index contributed by atoms with van der Waals surface area (Å²) in [6, 6.07) is 8.35. The van der Waals surface area contributed by atoms with Crippen molar-refractivity contribution in [3.05, 3.63) is 36.0 Å². The Balaban J connectivity index is 1.39. The van der Waals surface area contributed by atoms with Crippen LogP contribution in [0.2, 0.25) is 0 Å². The fraction of sp³-hybridized carbons (Fsp3) is 0.550. The Kier molecular flexibility index (Phi) is 7.36. The maximum atomic E-state index is 9.47. The van der Waals surface area contributed by atoms with Crippen LogP contribution in [0.5, 0.6) is 11.6 Å². The van der Waals surface area contributed by atoms with E-state index in [0.29, 0.717) is 25.6 Å². The van der Waals surface area contributed by atoms with Crippen molar-refractivity contribution in [3.8, 4) is 11.6 Å². The quantitative estimate of drug-likeness (QED) is 0.554. The van der Waals surface area contributed by atoms with Crippen LogP contribution in [0.15, 0.2) is 30.5 Å². The van der Waals surface area contributed by atoms with Crippen LogP contribution in [-0.4, -0.2) is 57.5 Å². The average Bonchev–Trinajstić information content (AvgIpc) is 3.02. The minimum absolute atomic E-state index is 0.00135. The summed E-state index contributed by atoms with van der Waals surface area (Å²) in [5, 5.41) is 21.7. The van der Waals surface area contributed by atoms with Crippen LogP contribution >= 0.6 is 0 Å². The van der Waals surface area contributed by atoms with Crippen molar-refractivity contribution >= 4 is 5.95 Å². The minimum Gasteiger partial charge on any atom is -0.494 e. The van der Waals surface area contributed by atoms with Crippen molar-refractivity contribution < 1.29 is 14.9 Å². The summed E-state index contributed by atoms with van der Waals surface area (Å²) in [5.41, 5.74) is 1.30. The van der Waals surface area contributed by atoms with Gasteiger partial charge in [-0.3, -0.25) is 4.90 Å². The van der Waals surface area contributed by atoms with E-state index in [4.69, 9.17) is 9.84 Å². The molecular formula is C20H30N4O3. The number of anilines is 1. The predicted molar refractivity (Wildman–Crippen MR) is 105 cm³/mol. The number of benzene rings is 1. The highest BCUT2D eigenvalue weighted by atomic mass is 16.5. The standard InChI is InChI=1S/C20H30N4O3/c25-12-11-24-16-19(26)22-20(24)21-8-5-13-27-18-7-4-6-17(14-18)15-23-9-2-1-3-10-23/h4,6-7,14,16,25-26H,1-3,5,8-13,15H2,(H,21,22). The summed E-state index contributed by atoms with van der Waals surface area (Å²) in [5.74, 6) is 1.42. The molecule has 148 valence electrons. The smallest absolute Gasteiger partial charge is 0.231 e. The van der Waals surface area contributed by atoms with Gasteiger partial charge in [0.25, 0.3) is 0 Å². The number of likely N-dealkylation sites (tertiary alicyclic amines) is 1. The molecule has 0 bridgehead atoms. The number of imidazole rings is 1.